The Bertz CT molecular complexity index is 1040. The molecule has 0 spiro atoms. The minimum absolute atomic E-state index is 0.0190. The minimum Gasteiger partial charge on any atom is -0.274 e. The summed E-state index contributed by atoms with van der Waals surface area (Å²) in [4.78, 5) is 28.0. The van der Waals surface area contributed by atoms with Gasteiger partial charge in [0, 0.05) is 16.3 Å². The summed E-state index contributed by atoms with van der Waals surface area (Å²) in [5.74, 6) is -0.662. The molecule has 2 amide bonds. The van der Waals surface area contributed by atoms with Crippen molar-refractivity contribution in [1.82, 2.24) is 0 Å². The summed E-state index contributed by atoms with van der Waals surface area (Å²) in [6.07, 6.45) is 4.26. The van der Waals surface area contributed by atoms with Crippen molar-refractivity contribution in [2.24, 2.45) is 23.7 Å². The smallest absolute Gasteiger partial charge is 0.238 e. The molecule has 2 aromatic carbocycles. The molecule has 0 unspecified atom stereocenters. The lowest BCUT2D eigenvalue weighted by Gasteiger charge is -2.20. The molecular formula is C24H20BrNO2. The predicted molar refractivity (Wildman–Crippen MR) is 114 cm³/mol. The number of carbonyl (C=O) groups excluding carboxylic acids is 2. The summed E-state index contributed by atoms with van der Waals surface area (Å²) in [5.41, 5.74) is 5.34. The molecule has 28 heavy (non-hydrogen) atoms. The molecule has 2 fully saturated rings. The van der Waals surface area contributed by atoms with Crippen LogP contribution in [0.1, 0.15) is 18.1 Å². The standard InChI is InChI=1S/C24H20BrNO2/c1-13-8-9-16(12-19(13)25)26-23(27)21-17-10-11-18(22(21)24(26)28)20(17)14(2)15-6-4-3-5-7-15/h3-12,17-18,21-22H,1-2H3/t17-,18-,21-,22+/m1/s1. The van der Waals surface area contributed by atoms with Crippen LogP contribution >= 0.6 is 15.9 Å². The average Bonchev–Trinajstić information content (AvgIpc) is 3.34. The van der Waals surface area contributed by atoms with Crippen LogP contribution in [-0.2, 0) is 9.59 Å². The molecule has 4 atom stereocenters. The molecule has 2 aromatic rings. The quantitative estimate of drug-likeness (QED) is 0.484. The van der Waals surface area contributed by atoms with Crippen molar-refractivity contribution in [3.05, 3.63) is 81.9 Å². The Morgan fingerprint density at radius 2 is 1.54 bits per heavy atom. The Kier molecular flexibility index (Phi) is 3.95. The zero-order chi connectivity index (χ0) is 19.6. The number of hydrogen-bond donors (Lipinski definition) is 0. The predicted octanol–water partition coefficient (Wildman–Crippen LogP) is 5.15. The number of benzene rings is 2. The van der Waals surface area contributed by atoms with Crippen LogP contribution in [0.25, 0.3) is 5.57 Å². The number of allylic oxidation sites excluding steroid dienone is 4. The maximum absolute atomic E-state index is 13.3. The fourth-order valence-electron chi connectivity index (χ4n) is 5.09. The Balaban J connectivity index is 1.55. The highest BCUT2D eigenvalue weighted by Crippen LogP contribution is 2.58. The van der Waals surface area contributed by atoms with Crippen molar-refractivity contribution in [2.75, 3.05) is 4.90 Å². The lowest BCUT2D eigenvalue weighted by Crippen LogP contribution is -2.33. The highest BCUT2D eigenvalue weighted by molar-refractivity contribution is 9.10. The Morgan fingerprint density at radius 3 is 2.11 bits per heavy atom. The summed E-state index contributed by atoms with van der Waals surface area (Å²) < 4.78 is 0.907. The minimum atomic E-state index is -0.281. The molecule has 1 heterocycles. The molecular weight excluding hydrogens is 414 g/mol. The van der Waals surface area contributed by atoms with Gasteiger partial charge in [0.25, 0.3) is 0 Å². The number of carbonyl (C=O) groups is 2. The van der Waals surface area contributed by atoms with Crippen LogP contribution in [0.15, 0.2) is 70.7 Å². The van der Waals surface area contributed by atoms with Crippen molar-refractivity contribution in [1.29, 1.82) is 0 Å². The highest BCUT2D eigenvalue weighted by Gasteiger charge is 2.62. The molecule has 3 nitrogen and oxygen atoms in total. The molecule has 2 aliphatic carbocycles. The number of halogens is 1. The molecule has 3 aliphatic rings. The molecule has 2 bridgehead atoms. The van der Waals surface area contributed by atoms with E-state index in [0.717, 1.165) is 15.6 Å². The second kappa shape index (κ2) is 6.28. The monoisotopic (exact) mass is 433 g/mol. The van der Waals surface area contributed by atoms with Gasteiger partial charge in [-0.3, -0.25) is 9.59 Å². The molecule has 1 saturated carbocycles. The van der Waals surface area contributed by atoms with Crippen LogP contribution in [0.3, 0.4) is 0 Å². The van der Waals surface area contributed by atoms with Gasteiger partial charge in [0.1, 0.15) is 0 Å². The van der Waals surface area contributed by atoms with E-state index >= 15 is 0 Å². The second-order valence-corrected chi connectivity index (χ2v) is 8.73. The van der Waals surface area contributed by atoms with E-state index in [9.17, 15) is 9.59 Å². The van der Waals surface area contributed by atoms with Crippen LogP contribution in [0.4, 0.5) is 5.69 Å². The van der Waals surface area contributed by atoms with Gasteiger partial charge in [-0.05, 0) is 42.7 Å². The molecule has 0 aromatic heterocycles. The third-order valence-corrected chi connectivity index (χ3v) is 7.32. The van der Waals surface area contributed by atoms with Crippen molar-refractivity contribution < 1.29 is 9.59 Å². The Morgan fingerprint density at radius 1 is 0.929 bits per heavy atom. The summed E-state index contributed by atoms with van der Waals surface area (Å²) in [5, 5.41) is 0. The van der Waals surface area contributed by atoms with E-state index in [1.54, 1.807) is 0 Å². The lowest BCUT2D eigenvalue weighted by molar-refractivity contribution is -0.122. The van der Waals surface area contributed by atoms with E-state index in [1.165, 1.54) is 16.0 Å². The fraction of sp³-hybridized carbons (Fsp3) is 0.250. The third-order valence-electron chi connectivity index (χ3n) is 6.47. The summed E-state index contributed by atoms with van der Waals surface area (Å²) in [6, 6.07) is 15.9. The fourth-order valence-corrected chi connectivity index (χ4v) is 5.46. The first kappa shape index (κ1) is 17.6. The van der Waals surface area contributed by atoms with E-state index in [4.69, 9.17) is 0 Å². The van der Waals surface area contributed by atoms with E-state index in [0.29, 0.717) is 5.69 Å². The number of nitrogens with zero attached hydrogens (tertiary/aromatic N) is 1. The van der Waals surface area contributed by atoms with Gasteiger partial charge in [-0.1, -0.05) is 70.1 Å². The van der Waals surface area contributed by atoms with Crippen molar-refractivity contribution >= 4 is 39.0 Å². The first-order valence-electron chi connectivity index (χ1n) is 9.57. The van der Waals surface area contributed by atoms with Crippen molar-refractivity contribution in [2.45, 2.75) is 13.8 Å². The van der Waals surface area contributed by atoms with E-state index < -0.39 is 0 Å². The number of aryl methyl sites for hydroxylation is 1. The zero-order valence-corrected chi connectivity index (χ0v) is 17.3. The molecule has 5 rings (SSSR count). The number of fused-ring (bicyclic) bond motifs is 5. The van der Waals surface area contributed by atoms with Crippen LogP contribution in [0.2, 0.25) is 0 Å². The molecule has 140 valence electrons. The average molecular weight is 434 g/mol. The van der Waals surface area contributed by atoms with Crippen LogP contribution in [0, 0.1) is 30.6 Å². The number of imide groups is 1. The highest BCUT2D eigenvalue weighted by atomic mass is 79.9. The topological polar surface area (TPSA) is 37.4 Å². The van der Waals surface area contributed by atoms with Crippen LogP contribution in [-0.4, -0.2) is 11.8 Å². The molecule has 1 saturated heterocycles. The number of rotatable bonds is 2. The van der Waals surface area contributed by atoms with Gasteiger partial charge in [-0.25, -0.2) is 4.90 Å². The van der Waals surface area contributed by atoms with Gasteiger partial charge in [0.15, 0.2) is 0 Å². The number of hydrogen-bond acceptors (Lipinski definition) is 2. The first-order valence-corrected chi connectivity index (χ1v) is 10.4. The third kappa shape index (κ3) is 2.34. The van der Waals surface area contributed by atoms with E-state index in [-0.39, 0.29) is 35.5 Å². The van der Waals surface area contributed by atoms with Crippen LogP contribution in [0.5, 0.6) is 0 Å². The second-order valence-electron chi connectivity index (χ2n) is 7.88. The lowest BCUT2D eigenvalue weighted by atomic mass is 9.85. The van der Waals surface area contributed by atoms with Gasteiger partial charge in [-0.15, -0.1) is 0 Å². The molecule has 0 radical (unpaired) electrons. The number of amides is 2. The number of anilines is 1. The van der Waals surface area contributed by atoms with Gasteiger partial charge in [-0.2, -0.15) is 0 Å². The SMILES string of the molecule is CC(=C1[C@H]2C=C[C@H]1[C@H]1C(=O)N(c3ccc(C)c(Br)c3)C(=O)[C@H]12)c1ccccc1. The maximum Gasteiger partial charge on any atom is 0.238 e. The van der Waals surface area contributed by atoms with Gasteiger partial charge in [0.05, 0.1) is 17.5 Å². The molecule has 4 heteroatoms. The Labute approximate surface area is 172 Å². The summed E-state index contributed by atoms with van der Waals surface area (Å²) >= 11 is 3.52. The van der Waals surface area contributed by atoms with Gasteiger partial charge >= 0.3 is 0 Å². The Hall–Kier alpha value is -2.46. The van der Waals surface area contributed by atoms with Crippen molar-refractivity contribution in [3.8, 4) is 0 Å². The van der Waals surface area contributed by atoms with Crippen molar-refractivity contribution in [3.63, 3.8) is 0 Å². The van der Waals surface area contributed by atoms with Gasteiger partial charge in [0.2, 0.25) is 11.8 Å². The first-order chi connectivity index (χ1) is 13.5. The normalized spacial score (nSPS) is 29.6. The maximum atomic E-state index is 13.3. The van der Waals surface area contributed by atoms with Crippen LogP contribution < -0.4 is 4.90 Å². The summed E-state index contributed by atoms with van der Waals surface area (Å²) in [7, 11) is 0. The van der Waals surface area contributed by atoms with Gasteiger partial charge < -0.3 is 0 Å². The zero-order valence-electron chi connectivity index (χ0n) is 15.7. The molecule has 0 N–H and O–H groups in total. The largest absolute Gasteiger partial charge is 0.274 e. The van der Waals surface area contributed by atoms with E-state index in [1.807, 2.05) is 43.3 Å². The summed E-state index contributed by atoms with van der Waals surface area (Å²) in [6.45, 7) is 4.10. The molecule has 1 aliphatic heterocycles. The van der Waals surface area contributed by atoms with E-state index in [2.05, 4.69) is 47.1 Å².